The van der Waals surface area contributed by atoms with Crippen LogP contribution in [0.5, 0.6) is 0 Å². The van der Waals surface area contributed by atoms with E-state index in [1.54, 1.807) is 16.7 Å². The van der Waals surface area contributed by atoms with Gasteiger partial charge in [0.15, 0.2) is 0 Å². The number of hydrogen-bond acceptors (Lipinski definition) is 3. The lowest BCUT2D eigenvalue weighted by Crippen LogP contribution is -2.54. The zero-order valence-electron chi connectivity index (χ0n) is 21.5. The van der Waals surface area contributed by atoms with Crippen LogP contribution in [0.1, 0.15) is 43.0 Å². The van der Waals surface area contributed by atoms with Crippen molar-refractivity contribution < 1.29 is 9.59 Å². The molecule has 3 aromatic rings. The van der Waals surface area contributed by atoms with Crippen LogP contribution in [-0.2, 0) is 28.3 Å². The monoisotopic (exact) mass is 522 g/mol. The van der Waals surface area contributed by atoms with Gasteiger partial charge >= 0.3 is 0 Å². The second kappa shape index (κ2) is 13.0. The minimum atomic E-state index is -0.628. The number of nitrogens with one attached hydrogen (secondary N) is 1. The van der Waals surface area contributed by atoms with Gasteiger partial charge in [0, 0.05) is 29.3 Å². The number of rotatable bonds is 10. The lowest BCUT2D eigenvalue weighted by molar-refractivity contribution is -0.140. The van der Waals surface area contributed by atoms with Crippen LogP contribution >= 0.6 is 23.4 Å². The summed E-state index contributed by atoms with van der Waals surface area (Å²) in [4.78, 5) is 29.0. The van der Waals surface area contributed by atoms with Crippen molar-refractivity contribution in [1.82, 2.24) is 10.2 Å². The molecule has 0 saturated carbocycles. The highest BCUT2D eigenvalue weighted by molar-refractivity contribution is 7.99. The highest BCUT2D eigenvalue weighted by Gasteiger charge is 2.32. The van der Waals surface area contributed by atoms with Crippen molar-refractivity contribution in [1.29, 1.82) is 0 Å². The van der Waals surface area contributed by atoms with Crippen LogP contribution in [0.3, 0.4) is 0 Å². The summed E-state index contributed by atoms with van der Waals surface area (Å²) in [5.74, 6) is 0.774. The van der Waals surface area contributed by atoms with E-state index < -0.39 is 11.6 Å². The van der Waals surface area contributed by atoms with Crippen molar-refractivity contribution in [2.45, 2.75) is 58.0 Å². The molecule has 1 N–H and O–H groups in total. The van der Waals surface area contributed by atoms with Crippen molar-refractivity contribution in [3.05, 3.63) is 106 Å². The molecule has 0 bridgehead atoms. The SMILES string of the molecule is Cc1ccc(CN(C(=O)CSCc2ccc(Cl)cc2)[C@H](Cc2ccccc2)C(=O)NC(C)(C)C)cc1. The molecular formula is C30H35ClN2O2S. The zero-order valence-corrected chi connectivity index (χ0v) is 23.0. The maximum atomic E-state index is 13.7. The summed E-state index contributed by atoms with van der Waals surface area (Å²) in [5, 5.41) is 3.80. The maximum absolute atomic E-state index is 13.7. The van der Waals surface area contributed by atoms with Crippen LogP contribution in [0.15, 0.2) is 78.9 Å². The summed E-state index contributed by atoms with van der Waals surface area (Å²) in [6.07, 6.45) is 0.447. The van der Waals surface area contributed by atoms with E-state index in [1.165, 1.54) is 0 Å². The summed E-state index contributed by atoms with van der Waals surface area (Å²) in [6, 6.07) is 25.0. The van der Waals surface area contributed by atoms with Crippen LogP contribution in [0.2, 0.25) is 5.02 Å². The van der Waals surface area contributed by atoms with Gasteiger partial charge in [0.1, 0.15) is 6.04 Å². The molecule has 2 amide bonds. The van der Waals surface area contributed by atoms with E-state index in [4.69, 9.17) is 11.6 Å². The molecule has 0 radical (unpaired) electrons. The molecule has 0 unspecified atom stereocenters. The topological polar surface area (TPSA) is 49.4 Å². The second-order valence-corrected chi connectivity index (χ2v) is 11.5. The van der Waals surface area contributed by atoms with Crippen molar-refractivity contribution in [3.8, 4) is 0 Å². The van der Waals surface area contributed by atoms with Crippen molar-refractivity contribution >= 4 is 35.2 Å². The summed E-state index contributed by atoms with van der Waals surface area (Å²) in [7, 11) is 0. The molecule has 3 rings (SSSR count). The zero-order chi connectivity index (χ0) is 26.1. The van der Waals surface area contributed by atoms with Crippen LogP contribution in [0, 0.1) is 6.92 Å². The van der Waals surface area contributed by atoms with Crippen LogP contribution in [0.25, 0.3) is 0 Å². The number of nitrogens with zero attached hydrogens (tertiary/aromatic N) is 1. The number of aryl methyl sites for hydroxylation is 1. The number of carbonyl (C=O) groups excluding carboxylic acids is 2. The summed E-state index contributed by atoms with van der Waals surface area (Å²) >= 11 is 7.54. The molecule has 4 nitrogen and oxygen atoms in total. The average molecular weight is 523 g/mol. The molecule has 0 aliphatic heterocycles. The molecule has 36 heavy (non-hydrogen) atoms. The van der Waals surface area contributed by atoms with Crippen molar-refractivity contribution in [2.24, 2.45) is 0 Å². The van der Waals surface area contributed by atoms with E-state index in [2.05, 4.69) is 5.32 Å². The van der Waals surface area contributed by atoms with E-state index in [0.717, 1.165) is 22.3 Å². The Kier molecular flexibility index (Phi) is 10.0. The van der Waals surface area contributed by atoms with Crippen molar-refractivity contribution in [2.75, 3.05) is 5.75 Å². The number of amides is 2. The molecule has 0 fully saturated rings. The van der Waals surface area contributed by atoms with Gasteiger partial charge < -0.3 is 10.2 Å². The van der Waals surface area contributed by atoms with Gasteiger partial charge in [0.2, 0.25) is 11.8 Å². The molecule has 3 aromatic carbocycles. The van der Waals surface area contributed by atoms with Crippen LogP contribution in [0.4, 0.5) is 0 Å². The Hall–Kier alpha value is -2.76. The standard InChI is InChI=1S/C30H35ClN2O2S/c1-22-10-12-24(13-11-22)19-33(28(34)21-36-20-25-14-16-26(31)17-15-25)27(29(35)32-30(2,3)4)18-23-8-6-5-7-9-23/h5-17,27H,18-21H2,1-4H3,(H,32,35)/t27-/m1/s1. The number of halogens is 1. The second-order valence-electron chi connectivity index (χ2n) is 10.1. The Bertz CT molecular complexity index is 1130. The molecule has 0 aromatic heterocycles. The molecular weight excluding hydrogens is 488 g/mol. The third-order valence-corrected chi connectivity index (χ3v) is 6.89. The van der Waals surface area contributed by atoms with Crippen LogP contribution in [-0.4, -0.2) is 34.0 Å². The average Bonchev–Trinajstić information content (AvgIpc) is 2.83. The first-order valence-corrected chi connectivity index (χ1v) is 13.7. The van der Waals surface area contributed by atoms with Gasteiger partial charge in [-0.25, -0.2) is 0 Å². The Morgan fingerprint density at radius 2 is 1.50 bits per heavy atom. The van der Waals surface area contributed by atoms with Crippen molar-refractivity contribution in [3.63, 3.8) is 0 Å². The summed E-state index contributed by atoms with van der Waals surface area (Å²) < 4.78 is 0. The molecule has 1 atom stereocenters. The predicted octanol–water partition coefficient (Wildman–Crippen LogP) is 6.44. The van der Waals surface area contributed by atoms with Gasteiger partial charge in [0.25, 0.3) is 0 Å². The molecule has 0 heterocycles. The quantitative estimate of drug-likeness (QED) is 0.333. The van der Waals surface area contributed by atoms with E-state index in [1.807, 2.05) is 107 Å². The number of carbonyl (C=O) groups is 2. The van der Waals surface area contributed by atoms with Crippen LogP contribution < -0.4 is 5.32 Å². The Morgan fingerprint density at radius 3 is 2.11 bits per heavy atom. The minimum Gasteiger partial charge on any atom is -0.350 e. The van der Waals surface area contributed by atoms with Gasteiger partial charge in [-0.2, -0.15) is 0 Å². The normalized spacial score (nSPS) is 12.1. The third-order valence-electron chi connectivity index (χ3n) is 5.65. The molecule has 0 saturated heterocycles. The molecule has 0 aliphatic rings. The maximum Gasteiger partial charge on any atom is 0.243 e. The highest BCUT2D eigenvalue weighted by atomic mass is 35.5. The smallest absolute Gasteiger partial charge is 0.243 e. The Balaban J connectivity index is 1.85. The summed E-state index contributed by atoms with van der Waals surface area (Å²) in [5.41, 5.74) is 3.86. The Morgan fingerprint density at radius 1 is 0.889 bits per heavy atom. The molecule has 0 spiro atoms. The predicted molar refractivity (Wildman–Crippen MR) is 151 cm³/mol. The molecule has 6 heteroatoms. The minimum absolute atomic E-state index is 0.0560. The molecule has 190 valence electrons. The number of benzene rings is 3. The van der Waals surface area contributed by atoms with E-state index in [0.29, 0.717) is 23.7 Å². The number of thioether (sulfide) groups is 1. The van der Waals surface area contributed by atoms with E-state index >= 15 is 0 Å². The largest absolute Gasteiger partial charge is 0.350 e. The van der Waals surface area contributed by atoms with Gasteiger partial charge in [-0.05, 0) is 56.5 Å². The number of hydrogen-bond donors (Lipinski definition) is 1. The fraction of sp³-hybridized carbons (Fsp3) is 0.333. The fourth-order valence-electron chi connectivity index (χ4n) is 3.82. The van der Waals surface area contributed by atoms with Gasteiger partial charge in [-0.1, -0.05) is 83.9 Å². The third kappa shape index (κ3) is 9.03. The molecule has 0 aliphatic carbocycles. The van der Waals surface area contributed by atoms with Gasteiger partial charge in [-0.15, -0.1) is 11.8 Å². The lowest BCUT2D eigenvalue weighted by atomic mass is 10.0. The first-order valence-electron chi connectivity index (χ1n) is 12.1. The van der Waals surface area contributed by atoms with Gasteiger partial charge in [-0.3, -0.25) is 9.59 Å². The first-order chi connectivity index (χ1) is 17.1. The fourth-order valence-corrected chi connectivity index (χ4v) is 4.81. The van der Waals surface area contributed by atoms with Gasteiger partial charge in [0.05, 0.1) is 5.75 Å². The Labute approximate surface area is 224 Å². The summed E-state index contributed by atoms with van der Waals surface area (Å²) in [6.45, 7) is 8.28. The van der Waals surface area contributed by atoms with E-state index in [-0.39, 0.29) is 17.6 Å². The van der Waals surface area contributed by atoms with E-state index in [9.17, 15) is 9.59 Å². The highest BCUT2D eigenvalue weighted by Crippen LogP contribution is 2.20. The first kappa shape index (κ1) is 27.8. The lowest BCUT2D eigenvalue weighted by Gasteiger charge is -2.34.